The van der Waals surface area contributed by atoms with Crippen molar-refractivity contribution in [1.82, 2.24) is 25.5 Å². The first-order valence-corrected chi connectivity index (χ1v) is 7.38. The molecular formula is C11H23N5S. The van der Waals surface area contributed by atoms with E-state index in [1.165, 1.54) is 5.75 Å². The minimum absolute atomic E-state index is 0.369. The summed E-state index contributed by atoms with van der Waals surface area (Å²) in [6.07, 6.45) is 1.11. The van der Waals surface area contributed by atoms with Crippen LogP contribution < -0.4 is 5.32 Å². The Morgan fingerprint density at radius 3 is 2.76 bits per heavy atom. The van der Waals surface area contributed by atoms with Gasteiger partial charge in [-0.15, -0.1) is 5.10 Å². The van der Waals surface area contributed by atoms with Crippen LogP contribution in [0, 0.1) is 0 Å². The van der Waals surface area contributed by atoms with Gasteiger partial charge in [-0.1, -0.05) is 20.8 Å². The molecule has 0 saturated carbocycles. The summed E-state index contributed by atoms with van der Waals surface area (Å²) >= 11 is 1.96. The van der Waals surface area contributed by atoms with E-state index in [1.807, 2.05) is 16.4 Å². The molecule has 0 saturated heterocycles. The average Bonchev–Trinajstić information content (AvgIpc) is 2.74. The smallest absolute Gasteiger partial charge is 0.165 e. The van der Waals surface area contributed by atoms with Gasteiger partial charge < -0.3 is 5.32 Å². The molecule has 0 amide bonds. The molecule has 5 nitrogen and oxygen atoms in total. The Labute approximate surface area is 108 Å². The van der Waals surface area contributed by atoms with Crippen molar-refractivity contribution >= 4 is 11.8 Å². The van der Waals surface area contributed by atoms with Gasteiger partial charge in [-0.2, -0.15) is 11.8 Å². The number of aromatic nitrogens is 4. The van der Waals surface area contributed by atoms with Crippen molar-refractivity contribution in [3.63, 3.8) is 0 Å². The minimum Gasteiger partial charge on any atom is -0.308 e. The van der Waals surface area contributed by atoms with E-state index in [-0.39, 0.29) is 0 Å². The van der Waals surface area contributed by atoms with E-state index in [0.29, 0.717) is 12.1 Å². The van der Waals surface area contributed by atoms with Gasteiger partial charge in [0.05, 0.1) is 12.6 Å². The highest BCUT2D eigenvalue weighted by atomic mass is 32.2. The third kappa shape index (κ3) is 5.04. The third-order valence-electron chi connectivity index (χ3n) is 2.53. The summed E-state index contributed by atoms with van der Waals surface area (Å²) in [7, 11) is 0. The normalized spacial score (nSPS) is 13.2. The quantitative estimate of drug-likeness (QED) is 0.721. The number of hydrogen-bond donors (Lipinski definition) is 1. The maximum Gasteiger partial charge on any atom is 0.165 e. The van der Waals surface area contributed by atoms with Gasteiger partial charge in [0.25, 0.3) is 0 Å². The lowest BCUT2D eigenvalue weighted by molar-refractivity contribution is 0.437. The van der Waals surface area contributed by atoms with Crippen LogP contribution in [0.4, 0.5) is 0 Å². The van der Waals surface area contributed by atoms with Crippen LogP contribution in [-0.2, 0) is 6.54 Å². The summed E-state index contributed by atoms with van der Waals surface area (Å²) in [5.41, 5.74) is 0. The Hall–Kier alpha value is -0.620. The molecule has 1 unspecified atom stereocenters. The minimum atomic E-state index is 0.369. The first-order valence-electron chi connectivity index (χ1n) is 6.23. The predicted molar refractivity (Wildman–Crippen MR) is 72.1 cm³/mol. The lowest BCUT2D eigenvalue weighted by Gasteiger charge is -2.14. The molecule has 1 rings (SSSR count). The number of tetrazole rings is 1. The molecule has 0 aliphatic heterocycles. The molecule has 1 atom stereocenters. The molecule has 1 aromatic rings. The van der Waals surface area contributed by atoms with Crippen LogP contribution in [0.3, 0.4) is 0 Å². The van der Waals surface area contributed by atoms with Crippen molar-refractivity contribution in [2.24, 2.45) is 0 Å². The molecule has 0 aliphatic carbocycles. The molecule has 0 aliphatic rings. The zero-order valence-electron chi connectivity index (χ0n) is 11.2. The zero-order valence-corrected chi connectivity index (χ0v) is 12.0. The van der Waals surface area contributed by atoms with E-state index in [0.717, 1.165) is 24.5 Å². The Kier molecular flexibility index (Phi) is 6.50. The third-order valence-corrected chi connectivity index (χ3v) is 3.46. The molecule has 17 heavy (non-hydrogen) atoms. The van der Waals surface area contributed by atoms with E-state index < -0.39 is 0 Å². The maximum absolute atomic E-state index is 4.08. The van der Waals surface area contributed by atoms with Crippen LogP contribution in [0.1, 0.15) is 46.0 Å². The van der Waals surface area contributed by atoms with Gasteiger partial charge in [-0.3, -0.25) is 0 Å². The highest BCUT2D eigenvalue weighted by Crippen LogP contribution is 2.14. The highest BCUT2D eigenvalue weighted by Gasteiger charge is 2.12. The van der Waals surface area contributed by atoms with E-state index in [4.69, 9.17) is 0 Å². The van der Waals surface area contributed by atoms with Gasteiger partial charge in [0.1, 0.15) is 0 Å². The second-order valence-corrected chi connectivity index (χ2v) is 5.80. The van der Waals surface area contributed by atoms with Crippen molar-refractivity contribution in [3.8, 4) is 0 Å². The molecule has 1 N–H and O–H groups in total. The van der Waals surface area contributed by atoms with Crippen molar-refractivity contribution in [2.75, 3.05) is 11.5 Å². The number of hydrogen-bond acceptors (Lipinski definition) is 5. The second-order valence-electron chi connectivity index (χ2n) is 4.41. The zero-order chi connectivity index (χ0) is 12.7. The highest BCUT2D eigenvalue weighted by molar-refractivity contribution is 7.99. The molecule has 0 aromatic carbocycles. The van der Waals surface area contributed by atoms with Gasteiger partial charge in [0, 0.05) is 6.04 Å². The molecule has 98 valence electrons. The van der Waals surface area contributed by atoms with Crippen molar-refractivity contribution in [3.05, 3.63) is 5.82 Å². The average molecular weight is 257 g/mol. The van der Waals surface area contributed by atoms with Crippen LogP contribution in [0.2, 0.25) is 0 Å². The number of thioether (sulfide) groups is 1. The lowest BCUT2D eigenvalue weighted by atomic mass is 10.2. The summed E-state index contributed by atoms with van der Waals surface area (Å²) in [6, 6.07) is 0.819. The Balaban J connectivity index is 2.48. The van der Waals surface area contributed by atoms with Gasteiger partial charge in [0.15, 0.2) is 5.82 Å². The van der Waals surface area contributed by atoms with Gasteiger partial charge in [0.2, 0.25) is 0 Å². The fraction of sp³-hybridized carbons (Fsp3) is 0.909. The molecule has 0 spiro atoms. The largest absolute Gasteiger partial charge is 0.308 e. The molecule has 1 heterocycles. The van der Waals surface area contributed by atoms with Crippen LogP contribution >= 0.6 is 11.8 Å². The van der Waals surface area contributed by atoms with E-state index >= 15 is 0 Å². The van der Waals surface area contributed by atoms with E-state index in [9.17, 15) is 0 Å². The lowest BCUT2D eigenvalue weighted by Crippen LogP contribution is -2.25. The molecular weight excluding hydrogens is 234 g/mol. The van der Waals surface area contributed by atoms with Gasteiger partial charge >= 0.3 is 0 Å². The number of nitrogens with zero attached hydrogens (tertiary/aromatic N) is 4. The van der Waals surface area contributed by atoms with Crippen LogP contribution in [0.15, 0.2) is 0 Å². The SMILES string of the molecule is CCSCCC(C)n1nnnc1CNC(C)C. The maximum atomic E-state index is 4.08. The van der Waals surface area contributed by atoms with E-state index in [2.05, 4.69) is 48.5 Å². The second kappa shape index (κ2) is 7.66. The van der Waals surface area contributed by atoms with Crippen LogP contribution in [-0.4, -0.2) is 37.8 Å². The first kappa shape index (κ1) is 14.4. The van der Waals surface area contributed by atoms with Crippen molar-refractivity contribution in [1.29, 1.82) is 0 Å². The van der Waals surface area contributed by atoms with E-state index in [1.54, 1.807) is 0 Å². The summed E-state index contributed by atoms with van der Waals surface area (Å²) in [5.74, 6) is 3.26. The number of nitrogens with one attached hydrogen (secondary N) is 1. The molecule has 0 fully saturated rings. The predicted octanol–water partition coefficient (Wildman–Crippen LogP) is 1.88. The Bertz CT molecular complexity index is 313. The van der Waals surface area contributed by atoms with Crippen LogP contribution in [0.5, 0.6) is 0 Å². The molecule has 6 heteroatoms. The first-order chi connectivity index (χ1) is 8.15. The summed E-state index contributed by atoms with van der Waals surface area (Å²) < 4.78 is 1.94. The van der Waals surface area contributed by atoms with Gasteiger partial charge in [-0.05, 0) is 35.3 Å². The fourth-order valence-electron chi connectivity index (χ4n) is 1.49. The summed E-state index contributed by atoms with van der Waals surface area (Å²) in [5, 5.41) is 15.3. The summed E-state index contributed by atoms with van der Waals surface area (Å²) in [4.78, 5) is 0. The Morgan fingerprint density at radius 2 is 2.12 bits per heavy atom. The molecule has 1 aromatic heterocycles. The standard InChI is InChI=1S/C11H23N5S/c1-5-17-7-6-10(4)16-11(13-14-15-16)8-12-9(2)3/h9-10,12H,5-8H2,1-4H3. The monoisotopic (exact) mass is 257 g/mol. The summed E-state index contributed by atoms with van der Waals surface area (Å²) in [6.45, 7) is 9.33. The fourth-order valence-corrected chi connectivity index (χ4v) is 2.28. The van der Waals surface area contributed by atoms with Crippen LogP contribution in [0.25, 0.3) is 0 Å². The number of rotatable bonds is 8. The topological polar surface area (TPSA) is 55.6 Å². The Morgan fingerprint density at radius 1 is 1.35 bits per heavy atom. The molecule has 0 bridgehead atoms. The van der Waals surface area contributed by atoms with Gasteiger partial charge in [-0.25, -0.2) is 4.68 Å². The molecule has 0 radical (unpaired) electrons. The van der Waals surface area contributed by atoms with Crippen molar-refractivity contribution in [2.45, 2.75) is 52.7 Å². The van der Waals surface area contributed by atoms with Crippen molar-refractivity contribution < 1.29 is 0 Å².